The monoisotopic (exact) mass is 466 g/mol. The summed E-state index contributed by atoms with van der Waals surface area (Å²) >= 11 is 0. The molecule has 4 nitrogen and oxygen atoms in total. The van der Waals surface area contributed by atoms with Gasteiger partial charge in [-0.25, -0.2) is 0 Å². The molecule has 3 aromatic carbocycles. The molecule has 0 fully saturated rings. The first-order valence-electron chi connectivity index (χ1n) is 10.9. The van der Waals surface area contributed by atoms with Crippen LogP contribution in [0, 0.1) is 0 Å². The molecule has 0 unspecified atom stereocenters. The highest BCUT2D eigenvalue weighted by atomic mass is 19.4. The average molecular weight is 467 g/mol. The normalized spacial score (nSPS) is 12.6. The Balaban J connectivity index is 1.60. The number of alkyl halides is 3. The number of benzene rings is 3. The molecule has 34 heavy (non-hydrogen) atoms. The quantitative estimate of drug-likeness (QED) is 0.358. The van der Waals surface area contributed by atoms with Crippen LogP contribution in [-0.2, 0) is 13.1 Å². The Bertz CT molecular complexity index is 1360. The van der Waals surface area contributed by atoms with E-state index in [1.807, 2.05) is 30.3 Å². The zero-order valence-corrected chi connectivity index (χ0v) is 18.9. The first-order valence-corrected chi connectivity index (χ1v) is 10.9. The number of hydrogen-bond donors (Lipinski definition) is 1. The molecule has 0 spiro atoms. The van der Waals surface area contributed by atoms with Gasteiger partial charge in [0.25, 0.3) is 5.56 Å². The van der Waals surface area contributed by atoms with Crippen LogP contribution in [0.1, 0.15) is 24.1 Å². The van der Waals surface area contributed by atoms with Gasteiger partial charge in [0.2, 0.25) is 0 Å². The Morgan fingerprint density at radius 2 is 1.76 bits per heavy atom. The lowest BCUT2D eigenvalue weighted by molar-refractivity contribution is -0.141. The molecular formula is C27H25F3N2O2. The van der Waals surface area contributed by atoms with E-state index in [1.54, 1.807) is 6.07 Å². The molecule has 1 atom stereocenters. The maximum absolute atomic E-state index is 12.9. The SMILES string of the molecule is COc1ccc(CN[C@H](C)c2cccc3ccccc23)cc1-c1ccc(=O)n(CC(F)(F)F)c1. The minimum absolute atomic E-state index is 0.0744. The Morgan fingerprint density at radius 1 is 1.00 bits per heavy atom. The van der Waals surface area contributed by atoms with Crippen molar-refractivity contribution in [2.75, 3.05) is 7.11 Å². The first-order chi connectivity index (χ1) is 16.2. The minimum atomic E-state index is -4.49. The van der Waals surface area contributed by atoms with Crippen molar-refractivity contribution in [1.29, 1.82) is 0 Å². The molecule has 4 rings (SSSR count). The first kappa shape index (κ1) is 23.6. The maximum Gasteiger partial charge on any atom is 0.406 e. The van der Waals surface area contributed by atoms with Gasteiger partial charge in [-0.1, -0.05) is 48.5 Å². The van der Waals surface area contributed by atoms with Crippen molar-refractivity contribution in [1.82, 2.24) is 9.88 Å². The molecule has 0 saturated carbocycles. The minimum Gasteiger partial charge on any atom is -0.496 e. The molecule has 0 aliphatic rings. The van der Waals surface area contributed by atoms with Crippen LogP contribution in [0.4, 0.5) is 13.2 Å². The lowest BCUT2D eigenvalue weighted by Crippen LogP contribution is -2.27. The van der Waals surface area contributed by atoms with Crippen molar-refractivity contribution in [3.63, 3.8) is 0 Å². The molecule has 0 saturated heterocycles. The molecule has 1 aromatic heterocycles. The Labute approximate surface area is 195 Å². The van der Waals surface area contributed by atoms with Crippen molar-refractivity contribution >= 4 is 10.8 Å². The second kappa shape index (κ2) is 9.73. The summed E-state index contributed by atoms with van der Waals surface area (Å²) in [5, 5.41) is 5.89. The molecular weight excluding hydrogens is 441 g/mol. The molecule has 0 radical (unpaired) electrons. The third-order valence-electron chi connectivity index (χ3n) is 5.81. The number of nitrogens with one attached hydrogen (secondary N) is 1. The van der Waals surface area contributed by atoms with E-state index >= 15 is 0 Å². The van der Waals surface area contributed by atoms with Crippen LogP contribution in [0.25, 0.3) is 21.9 Å². The molecule has 0 aliphatic heterocycles. The van der Waals surface area contributed by atoms with E-state index in [9.17, 15) is 18.0 Å². The van der Waals surface area contributed by atoms with Crippen LogP contribution in [0.15, 0.2) is 83.8 Å². The highest BCUT2D eigenvalue weighted by molar-refractivity contribution is 5.86. The lowest BCUT2D eigenvalue weighted by Gasteiger charge is -2.18. The molecule has 0 aliphatic carbocycles. The smallest absolute Gasteiger partial charge is 0.406 e. The predicted octanol–water partition coefficient (Wildman–Crippen LogP) is 6.09. The summed E-state index contributed by atoms with van der Waals surface area (Å²) in [5.74, 6) is 0.517. The number of methoxy groups -OCH3 is 1. The number of halogens is 3. The van der Waals surface area contributed by atoms with Gasteiger partial charge in [-0.2, -0.15) is 13.2 Å². The second-order valence-corrected chi connectivity index (χ2v) is 8.20. The molecule has 7 heteroatoms. The van der Waals surface area contributed by atoms with E-state index in [4.69, 9.17) is 4.74 Å². The van der Waals surface area contributed by atoms with Gasteiger partial charge in [-0.05, 0) is 47.0 Å². The summed E-state index contributed by atoms with van der Waals surface area (Å²) in [7, 11) is 1.51. The molecule has 176 valence electrons. The number of hydrogen-bond acceptors (Lipinski definition) is 3. The van der Waals surface area contributed by atoms with E-state index in [0.29, 0.717) is 28.0 Å². The molecule has 1 N–H and O–H groups in total. The third kappa shape index (κ3) is 5.31. The maximum atomic E-state index is 12.9. The van der Waals surface area contributed by atoms with Crippen LogP contribution in [-0.4, -0.2) is 17.9 Å². The van der Waals surface area contributed by atoms with Crippen LogP contribution in [0.3, 0.4) is 0 Å². The fourth-order valence-corrected chi connectivity index (χ4v) is 4.11. The summed E-state index contributed by atoms with van der Waals surface area (Å²) < 4.78 is 44.8. The summed E-state index contributed by atoms with van der Waals surface area (Å²) in [6.45, 7) is 1.30. The zero-order valence-electron chi connectivity index (χ0n) is 18.9. The van der Waals surface area contributed by atoms with Gasteiger partial charge in [0.15, 0.2) is 0 Å². The Kier molecular flexibility index (Phi) is 6.75. The number of ether oxygens (including phenoxy) is 1. The largest absolute Gasteiger partial charge is 0.496 e. The summed E-state index contributed by atoms with van der Waals surface area (Å²) in [5.41, 5.74) is 2.52. The lowest BCUT2D eigenvalue weighted by atomic mass is 9.99. The Morgan fingerprint density at radius 3 is 2.53 bits per heavy atom. The second-order valence-electron chi connectivity index (χ2n) is 8.20. The van der Waals surface area contributed by atoms with Crippen molar-refractivity contribution in [2.24, 2.45) is 0 Å². The van der Waals surface area contributed by atoms with Crippen molar-refractivity contribution in [3.8, 4) is 16.9 Å². The molecule has 0 amide bonds. The number of rotatable bonds is 7. The number of aromatic nitrogens is 1. The van der Waals surface area contributed by atoms with Gasteiger partial charge in [-0.15, -0.1) is 0 Å². The fourth-order valence-electron chi connectivity index (χ4n) is 4.11. The molecule has 0 bridgehead atoms. The molecule has 4 aromatic rings. The van der Waals surface area contributed by atoms with Crippen molar-refractivity contribution < 1.29 is 17.9 Å². The topological polar surface area (TPSA) is 43.3 Å². The van der Waals surface area contributed by atoms with Gasteiger partial charge in [0, 0.05) is 36.0 Å². The summed E-state index contributed by atoms with van der Waals surface area (Å²) in [6.07, 6.45) is -3.26. The van der Waals surface area contributed by atoms with Gasteiger partial charge in [0.05, 0.1) is 7.11 Å². The van der Waals surface area contributed by atoms with Gasteiger partial charge in [0.1, 0.15) is 12.3 Å². The van der Waals surface area contributed by atoms with Gasteiger partial charge < -0.3 is 14.6 Å². The van der Waals surface area contributed by atoms with Crippen molar-refractivity contribution in [2.45, 2.75) is 32.2 Å². The van der Waals surface area contributed by atoms with E-state index in [2.05, 4.69) is 36.5 Å². The fraction of sp³-hybridized carbons (Fsp3) is 0.222. The zero-order chi connectivity index (χ0) is 24.3. The number of fused-ring (bicyclic) bond motifs is 1. The highest BCUT2D eigenvalue weighted by Crippen LogP contribution is 2.31. The van der Waals surface area contributed by atoms with Crippen molar-refractivity contribution in [3.05, 3.63) is 100 Å². The third-order valence-corrected chi connectivity index (χ3v) is 5.81. The van der Waals surface area contributed by atoms with E-state index < -0.39 is 18.3 Å². The average Bonchev–Trinajstić information content (AvgIpc) is 2.82. The van der Waals surface area contributed by atoms with Crippen LogP contribution < -0.4 is 15.6 Å². The van der Waals surface area contributed by atoms with E-state index in [0.717, 1.165) is 11.6 Å². The molecule has 1 heterocycles. The van der Waals surface area contributed by atoms with Crippen LogP contribution >= 0.6 is 0 Å². The van der Waals surface area contributed by atoms with Crippen LogP contribution in [0.5, 0.6) is 5.75 Å². The van der Waals surface area contributed by atoms with Gasteiger partial charge in [-0.3, -0.25) is 4.79 Å². The van der Waals surface area contributed by atoms with Gasteiger partial charge >= 0.3 is 6.18 Å². The van der Waals surface area contributed by atoms with Crippen LogP contribution in [0.2, 0.25) is 0 Å². The number of pyridine rings is 1. The predicted molar refractivity (Wildman–Crippen MR) is 128 cm³/mol. The van der Waals surface area contributed by atoms with E-state index in [-0.39, 0.29) is 6.04 Å². The highest BCUT2D eigenvalue weighted by Gasteiger charge is 2.28. The number of nitrogens with zero attached hydrogens (tertiary/aromatic N) is 1. The Hall–Kier alpha value is -3.58. The summed E-state index contributed by atoms with van der Waals surface area (Å²) in [6, 6.07) is 22.8. The summed E-state index contributed by atoms with van der Waals surface area (Å²) in [4.78, 5) is 11.9. The standard InChI is InChI=1S/C27H25F3N2O2/c1-18(22-9-5-7-20-6-3-4-8-23(20)22)31-15-19-10-12-25(34-2)24(14-19)21-11-13-26(33)32(16-21)17-27(28,29)30/h3-14,16,18,31H,15,17H2,1-2H3/t18-/m1/s1. The van der Waals surface area contributed by atoms with E-state index in [1.165, 1.54) is 35.7 Å².